The fourth-order valence-corrected chi connectivity index (χ4v) is 2.68. The lowest BCUT2D eigenvalue weighted by Crippen LogP contribution is -2.26. The van der Waals surface area contributed by atoms with Crippen LogP contribution in [0.2, 0.25) is 0 Å². The molecule has 4 nitrogen and oxygen atoms in total. The SMILES string of the molecule is CNCCCNC(=O)c1cc(-c2ccccc2)nc2ccccc12. The first-order valence-electron chi connectivity index (χ1n) is 8.17. The maximum Gasteiger partial charge on any atom is 0.252 e. The van der Waals surface area contributed by atoms with E-state index in [2.05, 4.69) is 10.6 Å². The summed E-state index contributed by atoms with van der Waals surface area (Å²) in [5, 5.41) is 6.96. The molecule has 0 fully saturated rings. The van der Waals surface area contributed by atoms with Crippen LogP contribution in [-0.2, 0) is 0 Å². The number of amides is 1. The maximum absolute atomic E-state index is 12.6. The molecule has 0 aliphatic carbocycles. The molecule has 0 unspecified atom stereocenters. The molecule has 0 aliphatic heterocycles. The van der Waals surface area contributed by atoms with Crippen LogP contribution in [-0.4, -0.2) is 31.0 Å². The topological polar surface area (TPSA) is 54.0 Å². The van der Waals surface area contributed by atoms with E-state index in [4.69, 9.17) is 4.98 Å². The monoisotopic (exact) mass is 319 g/mol. The highest BCUT2D eigenvalue weighted by atomic mass is 16.1. The van der Waals surface area contributed by atoms with E-state index >= 15 is 0 Å². The van der Waals surface area contributed by atoms with Crippen LogP contribution in [0.1, 0.15) is 16.8 Å². The van der Waals surface area contributed by atoms with Crippen LogP contribution in [0.3, 0.4) is 0 Å². The second kappa shape index (κ2) is 7.70. The van der Waals surface area contributed by atoms with Gasteiger partial charge < -0.3 is 10.6 Å². The summed E-state index contributed by atoms with van der Waals surface area (Å²) in [5.41, 5.74) is 3.32. The summed E-state index contributed by atoms with van der Waals surface area (Å²) in [6, 6.07) is 19.6. The van der Waals surface area contributed by atoms with Crippen molar-refractivity contribution in [3.8, 4) is 11.3 Å². The van der Waals surface area contributed by atoms with Crippen LogP contribution in [0.15, 0.2) is 60.7 Å². The Balaban J connectivity index is 1.97. The van der Waals surface area contributed by atoms with Gasteiger partial charge in [-0.05, 0) is 32.1 Å². The van der Waals surface area contributed by atoms with Gasteiger partial charge in [0.25, 0.3) is 5.91 Å². The number of nitrogens with one attached hydrogen (secondary N) is 2. The minimum absolute atomic E-state index is 0.0538. The fraction of sp³-hybridized carbons (Fsp3) is 0.200. The van der Waals surface area contributed by atoms with Crippen LogP contribution in [0, 0.1) is 0 Å². The molecule has 0 saturated heterocycles. The first-order valence-corrected chi connectivity index (χ1v) is 8.17. The van der Waals surface area contributed by atoms with Crippen molar-refractivity contribution in [1.29, 1.82) is 0 Å². The van der Waals surface area contributed by atoms with Crippen molar-refractivity contribution in [2.45, 2.75) is 6.42 Å². The minimum atomic E-state index is -0.0538. The highest BCUT2D eigenvalue weighted by Crippen LogP contribution is 2.24. The van der Waals surface area contributed by atoms with Crippen molar-refractivity contribution in [2.24, 2.45) is 0 Å². The first-order chi connectivity index (χ1) is 11.8. The number of carbonyl (C=O) groups excluding carboxylic acids is 1. The molecule has 1 amide bonds. The Kier molecular flexibility index (Phi) is 5.18. The van der Waals surface area contributed by atoms with Crippen LogP contribution in [0.4, 0.5) is 0 Å². The van der Waals surface area contributed by atoms with E-state index in [1.807, 2.05) is 67.7 Å². The Morgan fingerprint density at radius 3 is 2.54 bits per heavy atom. The summed E-state index contributed by atoms with van der Waals surface area (Å²) >= 11 is 0. The van der Waals surface area contributed by atoms with Gasteiger partial charge in [0.2, 0.25) is 0 Å². The third-order valence-electron chi connectivity index (χ3n) is 3.92. The molecule has 3 rings (SSSR count). The molecule has 1 heterocycles. The van der Waals surface area contributed by atoms with Crippen molar-refractivity contribution < 1.29 is 4.79 Å². The molecule has 1 aromatic heterocycles. The Morgan fingerprint density at radius 1 is 1.00 bits per heavy atom. The number of para-hydroxylation sites is 1. The predicted molar refractivity (Wildman–Crippen MR) is 98.1 cm³/mol. The molecule has 4 heteroatoms. The number of nitrogens with zero attached hydrogens (tertiary/aromatic N) is 1. The van der Waals surface area contributed by atoms with E-state index < -0.39 is 0 Å². The smallest absolute Gasteiger partial charge is 0.252 e. The predicted octanol–water partition coefficient (Wildman–Crippen LogP) is 3.24. The van der Waals surface area contributed by atoms with Crippen LogP contribution >= 0.6 is 0 Å². The number of fused-ring (bicyclic) bond motifs is 1. The molecule has 0 bridgehead atoms. The van der Waals surface area contributed by atoms with Gasteiger partial charge in [0, 0.05) is 17.5 Å². The normalized spacial score (nSPS) is 10.7. The van der Waals surface area contributed by atoms with Gasteiger partial charge in [-0.1, -0.05) is 48.5 Å². The molecule has 3 aromatic rings. The zero-order valence-electron chi connectivity index (χ0n) is 13.8. The number of rotatable bonds is 6. The van der Waals surface area contributed by atoms with E-state index in [-0.39, 0.29) is 5.91 Å². The third-order valence-corrected chi connectivity index (χ3v) is 3.92. The zero-order chi connectivity index (χ0) is 16.8. The van der Waals surface area contributed by atoms with Crippen LogP contribution in [0.25, 0.3) is 22.2 Å². The van der Waals surface area contributed by atoms with Crippen molar-refractivity contribution in [1.82, 2.24) is 15.6 Å². The van der Waals surface area contributed by atoms with Crippen LogP contribution < -0.4 is 10.6 Å². The Labute approximate surface area is 141 Å². The summed E-state index contributed by atoms with van der Waals surface area (Å²) in [4.78, 5) is 17.4. The second-order valence-corrected chi connectivity index (χ2v) is 5.65. The Morgan fingerprint density at radius 2 is 1.75 bits per heavy atom. The molecule has 0 saturated carbocycles. The summed E-state index contributed by atoms with van der Waals surface area (Å²) in [7, 11) is 1.91. The second-order valence-electron chi connectivity index (χ2n) is 5.65. The molecular formula is C20H21N3O. The maximum atomic E-state index is 12.6. The quantitative estimate of drug-likeness (QED) is 0.686. The standard InChI is InChI=1S/C20H21N3O/c1-21-12-7-13-22-20(24)17-14-19(15-8-3-2-4-9-15)23-18-11-6-5-10-16(17)18/h2-6,8-11,14,21H,7,12-13H2,1H3,(H,22,24). The van der Waals surface area contributed by atoms with Crippen molar-refractivity contribution in [2.75, 3.05) is 20.1 Å². The van der Waals surface area contributed by atoms with E-state index in [1.165, 1.54) is 0 Å². The molecule has 2 N–H and O–H groups in total. The summed E-state index contributed by atoms with van der Waals surface area (Å²) < 4.78 is 0. The van der Waals surface area contributed by atoms with Crippen molar-refractivity contribution in [3.63, 3.8) is 0 Å². The average molecular weight is 319 g/mol. The van der Waals surface area contributed by atoms with Gasteiger partial charge in [0.05, 0.1) is 16.8 Å². The van der Waals surface area contributed by atoms with Gasteiger partial charge in [-0.25, -0.2) is 4.98 Å². The van der Waals surface area contributed by atoms with Crippen molar-refractivity contribution >= 4 is 16.8 Å². The van der Waals surface area contributed by atoms with E-state index in [0.717, 1.165) is 35.1 Å². The fourth-order valence-electron chi connectivity index (χ4n) is 2.68. The summed E-state index contributed by atoms with van der Waals surface area (Å²) in [6.45, 7) is 1.53. The van der Waals surface area contributed by atoms with Gasteiger partial charge in [0.15, 0.2) is 0 Å². The number of hydrogen-bond acceptors (Lipinski definition) is 3. The number of pyridine rings is 1. The van der Waals surface area contributed by atoms with Gasteiger partial charge >= 0.3 is 0 Å². The molecule has 24 heavy (non-hydrogen) atoms. The lowest BCUT2D eigenvalue weighted by atomic mass is 10.0. The van der Waals surface area contributed by atoms with E-state index in [9.17, 15) is 4.79 Å². The van der Waals surface area contributed by atoms with E-state index in [1.54, 1.807) is 0 Å². The first kappa shape index (κ1) is 16.1. The van der Waals surface area contributed by atoms with Gasteiger partial charge in [-0.3, -0.25) is 4.79 Å². The molecule has 0 atom stereocenters. The lowest BCUT2D eigenvalue weighted by Gasteiger charge is -2.10. The lowest BCUT2D eigenvalue weighted by molar-refractivity contribution is 0.0955. The average Bonchev–Trinajstić information content (AvgIpc) is 2.65. The van der Waals surface area contributed by atoms with Gasteiger partial charge in [0.1, 0.15) is 0 Å². The van der Waals surface area contributed by atoms with E-state index in [0.29, 0.717) is 12.1 Å². The molecule has 0 spiro atoms. The summed E-state index contributed by atoms with van der Waals surface area (Å²) in [6.07, 6.45) is 0.900. The molecular weight excluding hydrogens is 298 g/mol. The van der Waals surface area contributed by atoms with Crippen molar-refractivity contribution in [3.05, 3.63) is 66.2 Å². The number of hydrogen-bond donors (Lipinski definition) is 2. The number of benzene rings is 2. The number of aromatic nitrogens is 1. The largest absolute Gasteiger partial charge is 0.352 e. The zero-order valence-corrected chi connectivity index (χ0v) is 13.8. The van der Waals surface area contributed by atoms with Gasteiger partial charge in [-0.2, -0.15) is 0 Å². The molecule has 2 aromatic carbocycles. The molecule has 0 radical (unpaired) electrons. The highest BCUT2D eigenvalue weighted by Gasteiger charge is 2.13. The Hall–Kier alpha value is -2.72. The molecule has 122 valence electrons. The third kappa shape index (κ3) is 3.60. The minimum Gasteiger partial charge on any atom is -0.352 e. The van der Waals surface area contributed by atoms with Gasteiger partial charge in [-0.15, -0.1) is 0 Å². The van der Waals surface area contributed by atoms with Crippen LogP contribution in [0.5, 0.6) is 0 Å². The highest BCUT2D eigenvalue weighted by molar-refractivity contribution is 6.07. The molecule has 0 aliphatic rings. The Bertz CT molecular complexity index is 831. The summed E-state index contributed by atoms with van der Waals surface area (Å²) in [5.74, 6) is -0.0538. The number of carbonyl (C=O) groups is 1.